The Morgan fingerprint density at radius 2 is 1.96 bits per heavy atom. The van der Waals surface area contributed by atoms with Gasteiger partial charge in [0.25, 0.3) is 0 Å². The molecular weight excluding hydrogens is 372 g/mol. The standard InChI is InChI=1S/C16H14N6S3/c17-22-14(13-7-4-8-23-13)20-21-16(22)25-10-12-9-24-15(19-12)18-11-5-2-1-3-6-11/h1-9H,10,17H2,(H,18,19). The van der Waals surface area contributed by atoms with Gasteiger partial charge in [-0.3, -0.25) is 0 Å². The summed E-state index contributed by atoms with van der Waals surface area (Å²) in [5.74, 6) is 7.48. The maximum atomic E-state index is 6.11. The number of nitrogen functional groups attached to an aromatic ring is 1. The van der Waals surface area contributed by atoms with E-state index in [1.165, 1.54) is 16.4 Å². The Morgan fingerprint density at radius 3 is 2.76 bits per heavy atom. The number of nitrogens with two attached hydrogens (primary N) is 1. The van der Waals surface area contributed by atoms with E-state index < -0.39 is 0 Å². The first-order valence-corrected chi connectivity index (χ1v) is 10.2. The molecule has 0 fully saturated rings. The molecule has 126 valence electrons. The van der Waals surface area contributed by atoms with Crippen molar-refractivity contribution in [3.8, 4) is 10.7 Å². The van der Waals surface area contributed by atoms with Crippen molar-refractivity contribution >= 4 is 45.3 Å². The van der Waals surface area contributed by atoms with Gasteiger partial charge in [-0.2, -0.15) is 0 Å². The van der Waals surface area contributed by atoms with Crippen molar-refractivity contribution in [1.29, 1.82) is 0 Å². The highest BCUT2D eigenvalue weighted by Crippen LogP contribution is 2.28. The van der Waals surface area contributed by atoms with E-state index in [9.17, 15) is 0 Å². The van der Waals surface area contributed by atoms with Gasteiger partial charge in [0.2, 0.25) is 5.16 Å². The van der Waals surface area contributed by atoms with Crippen LogP contribution in [0.2, 0.25) is 0 Å². The number of aromatic nitrogens is 4. The summed E-state index contributed by atoms with van der Waals surface area (Å²) in [7, 11) is 0. The second kappa shape index (κ2) is 7.26. The Bertz CT molecular complexity index is 946. The van der Waals surface area contributed by atoms with Crippen LogP contribution >= 0.6 is 34.4 Å². The number of thiophene rings is 1. The van der Waals surface area contributed by atoms with Crippen LogP contribution < -0.4 is 11.2 Å². The van der Waals surface area contributed by atoms with Crippen LogP contribution in [0.1, 0.15) is 5.69 Å². The van der Waals surface area contributed by atoms with E-state index in [0.717, 1.165) is 21.4 Å². The molecule has 9 heteroatoms. The smallest absolute Gasteiger partial charge is 0.210 e. The van der Waals surface area contributed by atoms with Gasteiger partial charge in [0.15, 0.2) is 11.0 Å². The molecule has 4 aromatic rings. The van der Waals surface area contributed by atoms with Gasteiger partial charge in [-0.15, -0.1) is 32.9 Å². The second-order valence-electron chi connectivity index (χ2n) is 5.08. The lowest BCUT2D eigenvalue weighted by Crippen LogP contribution is -2.11. The fourth-order valence-electron chi connectivity index (χ4n) is 2.16. The molecule has 3 aromatic heterocycles. The van der Waals surface area contributed by atoms with Crippen molar-refractivity contribution in [1.82, 2.24) is 19.9 Å². The normalized spacial score (nSPS) is 10.9. The molecule has 0 aliphatic heterocycles. The fraction of sp³-hybridized carbons (Fsp3) is 0.0625. The molecule has 4 rings (SSSR count). The largest absolute Gasteiger partial charge is 0.335 e. The van der Waals surface area contributed by atoms with E-state index in [1.807, 2.05) is 53.2 Å². The summed E-state index contributed by atoms with van der Waals surface area (Å²) in [5.41, 5.74) is 2.01. The Kier molecular flexibility index (Phi) is 4.68. The van der Waals surface area contributed by atoms with Gasteiger partial charge in [0, 0.05) is 16.8 Å². The molecule has 1 aromatic carbocycles. The lowest BCUT2D eigenvalue weighted by atomic mass is 10.3. The number of hydrogen-bond donors (Lipinski definition) is 2. The van der Waals surface area contributed by atoms with E-state index >= 15 is 0 Å². The molecule has 0 saturated carbocycles. The average Bonchev–Trinajstić information content (AvgIpc) is 3.36. The summed E-state index contributed by atoms with van der Waals surface area (Å²) >= 11 is 4.69. The predicted octanol–water partition coefficient (Wildman–Crippen LogP) is 4.21. The number of anilines is 2. The molecule has 0 aliphatic rings. The zero-order valence-electron chi connectivity index (χ0n) is 13.0. The van der Waals surface area contributed by atoms with E-state index in [0.29, 0.717) is 16.7 Å². The molecule has 0 aliphatic carbocycles. The number of benzene rings is 1. The highest BCUT2D eigenvalue weighted by atomic mass is 32.2. The Balaban J connectivity index is 1.41. The zero-order chi connectivity index (χ0) is 17.1. The Morgan fingerprint density at radius 1 is 1.08 bits per heavy atom. The summed E-state index contributed by atoms with van der Waals surface area (Å²) < 4.78 is 1.53. The van der Waals surface area contributed by atoms with E-state index in [4.69, 9.17) is 5.84 Å². The first-order valence-electron chi connectivity index (χ1n) is 7.43. The van der Waals surface area contributed by atoms with Gasteiger partial charge >= 0.3 is 0 Å². The van der Waals surface area contributed by atoms with Gasteiger partial charge < -0.3 is 11.2 Å². The van der Waals surface area contributed by atoms with Crippen LogP contribution in [0.3, 0.4) is 0 Å². The van der Waals surface area contributed by atoms with E-state index in [2.05, 4.69) is 20.5 Å². The van der Waals surface area contributed by atoms with E-state index in [1.54, 1.807) is 22.7 Å². The number of rotatable bonds is 6. The number of nitrogens with zero attached hydrogens (tertiary/aromatic N) is 4. The van der Waals surface area contributed by atoms with Crippen molar-refractivity contribution < 1.29 is 0 Å². The van der Waals surface area contributed by atoms with Crippen LogP contribution in [0.25, 0.3) is 10.7 Å². The topological polar surface area (TPSA) is 81.6 Å². The van der Waals surface area contributed by atoms with Crippen molar-refractivity contribution in [3.05, 3.63) is 58.9 Å². The summed E-state index contributed by atoms with van der Waals surface area (Å²) in [6, 6.07) is 13.9. The van der Waals surface area contributed by atoms with Gasteiger partial charge in [0.05, 0.1) is 10.6 Å². The third-order valence-electron chi connectivity index (χ3n) is 3.33. The molecule has 0 unspecified atom stereocenters. The molecule has 0 bridgehead atoms. The number of thiazole rings is 1. The van der Waals surface area contributed by atoms with Gasteiger partial charge in [-0.25, -0.2) is 9.66 Å². The summed E-state index contributed by atoms with van der Waals surface area (Å²) in [6.45, 7) is 0. The lowest BCUT2D eigenvalue weighted by molar-refractivity contribution is 0.850. The molecule has 0 spiro atoms. The highest BCUT2D eigenvalue weighted by molar-refractivity contribution is 7.98. The molecule has 3 N–H and O–H groups in total. The maximum absolute atomic E-state index is 6.11. The Labute approximate surface area is 156 Å². The molecule has 6 nitrogen and oxygen atoms in total. The second-order valence-corrected chi connectivity index (χ2v) is 7.83. The molecule has 0 amide bonds. The maximum Gasteiger partial charge on any atom is 0.210 e. The van der Waals surface area contributed by atoms with Crippen LogP contribution in [0.4, 0.5) is 10.8 Å². The molecular formula is C16H14N6S3. The number of hydrogen-bond acceptors (Lipinski definition) is 8. The minimum atomic E-state index is 0.675. The summed E-state index contributed by atoms with van der Waals surface area (Å²) in [4.78, 5) is 5.60. The molecule has 0 radical (unpaired) electrons. The first kappa shape index (κ1) is 16.1. The highest BCUT2D eigenvalue weighted by Gasteiger charge is 2.13. The number of thioether (sulfide) groups is 1. The third-order valence-corrected chi connectivity index (χ3v) is 5.98. The average molecular weight is 387 g/mol. The third kappa shape index (κ3) is 3.68. The van der Waals surface area contributed by atoms with E-state index in [-0.39, 0.29) is 0 Å². The number of para-hydroxylation sites is 1. The van der Waals surface area contributed by atoms with Gasteiger partial charge in [0.1, 0.15) is 0 Å². The van der Waals surface area contributed by atoms with Crippen LogP contribution in [0.15, 0.2) is 58.4 Å². The quantitative estimate of drug-likeness (QED) is 0.381. The van der Waals surface area contributed by atoms with Crippen LogP contribution in [-0.2, 0) is 5.75 Å². The van der Waals surface area contributed by atoms with Crippen LogP contribution in [-0.4, -0.2) is 19.9 Å². The molecule has 3 heterocycles. The first-order chi connectivity index (χ1) is 12.3. The molecule has 25 heavy (non-hydrogen) atoms. The Hall–Kier alpha value is -2.36. The zero-order valence-corrected chi connectivity index (χ0v) is 15.4. The minimum absolute atomic E-state index is 0.675. The van der Waals surface area contributed by atoms with Crippen molar-refractivity contribution in [3.63, 3.8) is 0 Å². The lowest BCUT2D eigenvalue weighted by Gasteiger charge is -2.02. The fourth-order valence-corrected chi connectivity index (χ4v) is 4.45. The van der Waals surface area contributed by atoms with Crippen molar-refractivity contribution in [2.24, 2.45) is 0 Å². The SMILES string of the molecule is Nn1c(SCc2csc(Nc3ccccc3)n2)nnc1-c1cccs1. The molecule has 0 atom stereocenters. The van der Waals surface area contributed by atoms with Gasteiger partial charge in [-0.1, -0.05) is 36.0 Å². The monoisotopic (exact) mass is 386 g/mol. The molecule has 0 saturated heterocycles. The summed E-state index contributed by atoms with van der Waals surface area (Å²) in [5, 5.41) is 17.2. The van der Waals surface area contributed by atoms with Crippen molar-refractivity contribution in [2.75, 3.05) is 11.2 Å². The summed E-state index contributed by atoms with van der Waals surface area (Å²) in [6.07, 6.45) is 0. The van der Waals surface area contributed by atoms with Gasteiger partial charge in [-0.05, 0) is 23.6 Å². The van der Waals surface area contributed by atoms with Crippen LogP contribution in [0.5, 0.6) is 0 Å². The van der Waals surface area contributed by atoms with Crippen molar-refractivity contribution in [2.45, 2.75) is 10.9 Å². The number of nitrogens with one attached hydrogen (secondary N) is 1. The minimum Gasteiger partial charge on any atom is -0.335 e. The predicted molar refractivity (Wildman–Crippen MR) is 105 cm³/mol. The van der Waals surface area contributed by atoms with Crippen LogP contribution in [0, 0.1) is 0 Å².